The van der Waals surface area contributed by atoms with E-state index in [0.717, 1.165) is 0 Å². The number of carbonyl (C=O) groups excluding carboxylic acids is 2. The van der Waals surface area contributed by atoms with E-state index in [2.05, 4.69) is 37.2 Å². The number of para-hydroxylation sites is 1. The monoisotopic (exact) mass is 511 g/mol. The second kappa shape index (κ2) is 9.55. The number of nitriles is 1. The summed E-state index contributed by atoms with van der Waals surface area (Å²) in [6, 6.07) is 11.9. The standard InChI is InChI=1S/C18H12Br2ClN3O3/c19-12-6-10(17(13(20)7-12)27-9-16(23)25)5-11(8-22)18(26)24-15-4-2-1-3-14(15)21/h1-7H,9H2,(H2,23,25)(H,24,26)/b11-5+. The van der Waals surface area contributed by atoms with Crippen molar-refractivity contribution in [2.45, 2.75) is 0 Å². The van der Waals surface area contributed by atoms with Crippen LogP contribution in [0.3, 0.4) is 0 Å². The molecule has 0 aliphatic heterocycles. The van der Waals surface area contributed by atoms with E-state index < -0.39 is 11.8 Å². The van der Waals surface area contributed by atoms with Gasteiger partial charge in [0.2, 0.25) is 0 Å². The average Bonchev–Trinajstić information content (AvgIpc) is 2.60. The van der Waals surface area contributed by atoms with E-state index in [1.54, 1.807) is 36.4 Å². The highest BCUT2D eigenvalue weighted by Gasteiger charge is 2.15. The predicted molar refractivity (Wildman–Crippen MR) is 110 cm³/mol. The van der Waals surface area contributed by atoms with Crippen molar-refractivity contribution in [1.29, 1.82) is 5.26 Å². The number of ether oxygens (including phenoxy) is 1. The van der Waals surface area contributed by atoms with Crippen molar-refractivity contribution in [1.82, 2.24) is 0 Å². The molecule has 2 amide bonds. The first-order chi connectivity index (χ1) is 12.8. The predicted octanol–water partition coefficient (Wildman–Crippen LogP) is 4.27. The van der Waals surface area contributed by atoms with Crippen LogP contribution in [0, 0.1) is 11.3 Å². The topological polar surface area (TPSA) is 105 Å². The lowest BCUT2D eigenvalue weighted by Crippen LogP contribution is -2.20. The van der Waals surface area contributed by atoms with Gasteiger partial charge in [0.15, 0.2) is 6.61 Å². The zero-order valence-corrected chi connectivity index (χ0v) is 17.6. The van der Waals surface area contributed by atoms with E-state index in [4.69, 9.17) is 22.1 Å². The fourth-order valence-corrected chi connectivity index (χ4v) is 3.60. The quantitative estimate of drug-likeness (QED) is 0.444. The average molecular weight is 514 g/mol. The molecule has 0 fully saturated rings. The summed E-state index contributed by atoms with van der Waals surface area (Å²) in [6.45, 7) is -0.352. The highest BCUT2D eigenvalue weighted by atomic mass is 79.9. The highest BCUT2D eigenvalue weighted by Crippen LogP contribution is 2.34. The molecule has 6 nitrogen and oxygen atoms in total. The molecule has 0 aromatic heterocycles. The van der Waals surface area contributed by atoms with Gasteiger partial charge in [-0.25, -0.2) is 0 Å². The second-order valence-electron chi connectivity index (χ2n) is 5.16. The highest BCUT2D eigenvalue weighted by molar-refractivity contribution is 9.11. The van der Waals surface area contributed by atoms with E-state index >= 15 is 0 Å². The van der Waals surface area contributed by atoms with Crippen molar-refractivity contribution >= 4 is 67.0 Å². The van der Waals surface area contributed by atoms with Crippen molar-refractivity contribution in [3.63, 3.8) is 0 Å². The number of carbonyl (C=O) groups is 2. The lowest BCUT2D eigenvalue weighted by atomic mass is 10.1. The molecule has 2 rings (SSSR count). The van der Waals surface area contributed by atoms with Gasteiger partial charge in [0.1, 0.15) is 17.4 Å². The number of primary amides is 1. The summed E-state index contributed by atoms with van der Waals surface area (Å²) in [5, 5.41) is 12.3. The third kappa shape index (κ3) is 5.82. The number of anilines is 1. The number of hydrogen-bond acceptors (Lipinski definition) is 4. The molecule has 0 saturated carbocycles. The molecule has 0 unspecified atom stereocenters. The van der Waals surface area contributed by atoms with Gasteiger partial charge in [-0.3, -0.25) is 9.59 Å². The SMILES string of the molecule is N#C/C(=C\c1cc(Br)cc(Br)c1OCC(N)=O)C(=O)Nc1ccccc1Cl. The van der Waals surface area contributed by atoms with Gasteiger partial charge in [-0.05, 0) is 46.3 Å². The number of halogens is 3. The van der Waals surface area contributed by atoms with Crippen LogP contribution in [0.15, 0.2) is 50.9 Å². The second-order valence-corrected chi connectivity index (χ2v) is 7.34. The first-order valence-corrected chi connectivity index (χ1v) is 9.36. The molecule has 0 radical (unpaired) electrons. The first kappa shape index (κ1) is 21.0. The molecule has 0 bridgehead atoms. The zero-order valence-electron chi connectivity index (χ0n) is 13.6. The molecule has 0 heterocycles. The summed E-state index contributed by atoms with van der Waals surface area (Å²) < 4.78 is 6.60. The normalized spacial score (nSPS) is 10.8. The minimum absolute atomic E-state index is 0.177. The van der Waals surface area contributed by atoms with Crippen molar-refractivity contribution in [3.05, 3.63) is 61.5 Å². The lowest BCUT2D eigenvalue weighted by Gasteiger charge is -2.11. The fourth-order valence-electron chi connectivity index (χ4n) is 2.04. The summed E-state index contributed by atoms with van der Waals surface area (Å²) in [6.07, 6.45) is 1.35. The summed E-state index contributed by atoms with van der Waals surface area (Å²) in [7, 11) is 0. The number of amides is 2. The molecule has 0 saturated heterocycles. The van der Waals surface area contributed by atoms with Gasteiger partial charge in [-0.2, -0.15) is 5.26 Å². The van der Waals surface area contributed by atoms with Gasteiger partial charge in [0.25, 0.3) is 11.8 Å². The van der Waals surface area contributed by atoms with E-state index in [-0.39, 0.29) is 17.9 Å². The number of hydrogen-bond donors (Lipinski definition) is 2. The minimum Gasteiger partial charge on any atom is -0.482 e. The Balaban J connectivity index is 2.39. The summed E-state index contributed by atoms with van der Waals surface area (Å²) in [4.78, 5) is 23.5. The Kier molecular flexibility index (Phi) is 7.42. The molecule has 2 aromatic rings. The Hall–Kier alpha value is -2.34. The Bertz CT molecular complexity index is 971. The molecule has 0 aliphatic carbocycles. The van der Waals surface area contributed by atoms with Crippen molar-refractivity contribution in [2.24, 2.45) is 5.73 Å². The molecule has 0 aliphatic rings. The Morgan fingerprint density at radius 3 is 2.63 bits per heavy atom. The summed E-state index contributed by atoms with van der Waals surface area (Å²) >= 11 is 12.7. The molecular formula is C18H12Br2ClN3O3. The summed E-state index contributed by atoms with van der Waals surface area (Å²) in [5.74, 6) is -1.02. The van der Waals surface area contributed by atoms with Crippen LogP contribution in [-0.2, 0) is 9.59 Å². The summed E-state index contributed by atoms with van der Waals surface area (Å²) in [5.41, 5.74) is 5.72. The number of nitrogens with one attached hydrogen (secondary N) is 1. The molecular weight excluding hydrogens is 501 g/mol. The van der Waals surface area contributed by atoms with Crippen LogP contribution in [0.1, 0.15) is 5.56 Å². The van der Waals surface area contributed by atoms with E-state index in [0.29, 0.717) is 25.2 Å². The Labute approximate surface area is 177 Å². The zero-order chi connectivity index (χ0) is 20.0. The number of nitrogens with zero attached hydrogens (tertiary/aromatic N) is 1. The number of benzene rings is 2. The van der Waals surface area contributed by atoms with Gasteiger partial charge in [-0.15, -0.1) is 0 Å². The molecule has 138 valence electrons. The van der Waals surface area contributed by atoms with Crippen LogP contribution >= 0.6 is 43.5 Å². The Morgan fingerprint density at radius 2 is 2.00 bits per heavy atom. The smallest absolute Gasteiger partial charge is 0.266 e. The van der Waals surface area contributed by atoms with Crippen molar-refractivity contribution in [2.75, 3.05) is 11.9 Å². The van der Waals surface area contributed by atoms with Crippen LogP contribution in [0.25, 0.3) is 6.08 Å². The molecule has 27 heavy (non-hydrogen) atoms. The molecule has 2 aromatic carbocycles. The van der Waals surface area contributed by atoms with Crippen LogP contribution in [-0.4, -0.2) is 18.4 Å². The van der Waals surface area contributed by atoms with Crippen LogP contribution in [0.5, 0.6) is 5.75 Å². The first-order valence-electron chi connectivity index (χ1n) is 7.39. The van der Waals surface area contributed by atoms with Gasteiger partial charge < -0.3 is 15.8 Å². The van der Waals surface area contributed by atoms with E-state index in [9.17, 15) is 14.9 Å². The fraction of sp³-hybridized carbons (Fsp3) is 0.0556. The van der Waals surface area contributed by atoms with Crippen LogP contribution in [0.4, 0.5) is 5.69 Å². The number of rotatable bonds is 6. The maximum absolute atomic E-state index is 12.4. The maximum atomic E-state index is 12.4. The largest absolute Gasteiger partial charge is 0.482 e. The van der Waals surface area contributed by atoms with E-state index in [1.807, 2.05) is 6.07 Å². The van der Waals surface area contributed by atoms with Gasteiger partial charge in [0.05, 0.1) is 15.2 Å². The third-order valence-electron chi connectivity index (χ3n) is 3.18. The lowest BCUT2D eigenvalue weighted by molar-refractivity contribution is -0.120. The van der Waals surface area contributed by atoms with Crippen molar-refractivity contribution < 1.29 is 14.3 Å². The molecule has 9 heteroatoms. The Morgan fingerprint density at radius 1 is 1.30 bits per heavy atom. The van der Waals surface area contributed by atoms with Crippen LogP contribution in [0.2, 0.25) is 5.02 Å². The maximum Gasteiger partial charge on any atom is 0.266 e. The van der Waals surface area contributed by atoms with Gasteiger partial charge >= 0.3 is 0 Å². The molecule has 3 N–H and O–H groups in total. The van der Waals surface area contributed by atoms with Gasteiger partial charge in [0, 0.05) is 10.0 Å². The van der Waals surface area contributed by atoms with E-state index in [1.165, 1.54) is 6.08 Å². The third-order valence-corrected chi connectivity index (χ3v) is 4.56. The van der Waals surface area contributed by atoms with Crippen LogP contribution < -0.4 is 15.8 Å². The minimum atomic E-state index is -0.656. The van der Waals surface area contributed by atoms with Gasteiger partial charge in [-0.1, -0.05) is 39.7 Å². The van der Waals surface area contributed by atoms with Crippen molar-refractivity contribution in [3.8, 4) is 11.8 Å². The molecule has 0 atom stereocenters. The number of nitrogens with two attached hydrogens (primary N) is 1. The molecule has 0 spiro atoms.